The molecule has 0 aromatic carbocycles. The molecular formula is C16H32N2. The molecule has 0 amide bonds. The van der Waals surface area contributed by atoms with Gasteiger partial charge in [-0.25, -0.2) is 0 Å². The quantitative estimate of drug-likeness (QED) is 0.549. The van der Waals surface area contributed by atoms with E-state index in [1.54, 1.807) is 0 Å². The minimum Gasteiger partial charge on any atom is -0.316 e. The summed E-state index contributed by atoms with van der Waals surface area (Å²) in [5, 5.41) is 12.5. The molecular weight excluding hydrogens is 220 g/mol. The van der Waals surface area contributed by atoms with Crippen LogP contribution in [0.1, 0.15) is 72.6 Å². The van der Waals surface area contributed by atoms with Gasteiger partial charge in [0.2, 0.25) is 0 Å². The van der Waals surface area contributed by atoms with Crippen molar-refractivity contribution in [2.45, 2.75) is 72.6 Å². The molecule has 1 unspecified atom stereocenters. The Hall–Kier alpha value is -0.550. The minimum absolute atomic E-state index is 0.146. The molecule has 0 aliphatic rings. The van der Waals surface area contributed by atoms with Crippen molar-refractivity contribution in [1.29, 1.82) is 5.26 Å². The molecule has 0 aromatic heterocycles. The van der Waals surface area contributed by atoms with Gasteiger partial charge in [0, 0.05) is 0 Å². The highest BCUT2D eigenvalue weighted by Gasteiger charge is 2.15. The van der Waals surface area contributed by atoms with E-state index in [4.69, 9.17) is 5.26 Å². The molecule has 0 aliphatic carbocycles. The van der Waals surface area contributed by atoms with Crippen molar-refractivity contribution in [3.8, 4) is 6.07 Å². The Morgan fingerprint density at radius 3 is 2.44 bits per heavy atom. The molecule has 2 nitrogen and oxygen atoms in total. The molecule has 0 saturated carbocycles. The van der Waals surface area contributed by atoms with Gasteiger partial charge in [-0.3, -0.25) is 0 Å². The number of nitrogens with one attached hydrogen (secondary N) is 1. The van der Waals surface area contributed by atoms with Crippen molar-refractivity contribution in [3.05, 3.63) is 0 Å². The molecule has 0 bridgehead atoms. The SMILES string of the molecule is CCCCC(CC)CNCCCCC(C)(C)C#N. The first kappa shape index (κ1) is 17.4. The fraction of sp³-hybridized carbons (Fsp3) is 0.938. The van der Waals surface area contributed by atoms with E-state index in [-0.39, 0.29) is 5.41 Å². The molecule has 0 aromatic rings. The summed E-state index contributed by atoms with van der Waals surface area (Å²) in [4.78, 5) is 0. The summed E-state index contributed by atoms with van der Waals surface area (Å²) in [5.74, 6) is 0.848. The van der Waals surface area contributed by atoms with Gasteiger partial charge in [-0.05, 0) is 52.1 Å². The number of unbranched alkanes of at least 4 members (excludes halogenated alkanes) is 2. The van der Waals surface area contributed by atoms with Gasteiger partial charge in [-0.2, -0.15) is 5.26 Å². The van der Waals surface area contributed by atoms with E-state index in [2.05, 4.69) is 25.2 Å². The summed E-state index contributed by atoms with van der Waals surface area (Å²) < 4.78 is 0. The molecule has 106 valence electrons. The average Bonchev–Trinajstić information content (AvgIpc) is 2.37. The first-order valence-electron chi connectivity index (χ1n) is 7.67. The summed E-state index contributed by atoms with van der Waals surface area (Å²) in [5.41, 5.74) is -0.146. The van der Waals surface area contributed by atoms with E-state index < -0.39 is 0 Å². The third kappa shape index (κ3) is 9.48. The van der Waals surface area contributed by atoms with Gasteiger partial charge in [-0.15, -0.1) is 0 Å². The van der Waals surface area contributed by atoms with E-state index in [1.807, 2.05) is 13.8 Å². The van der Waals surface area contributed by atoms with Gasteiger partial charge in [0.25, 0.3) is 0 Å². The second-order valence-electron chi connectivity index (χ2n) is 6.07. The van der Waals surface area contributed by atoms with Crippen molar-refractivity contribution in [1.82, 2.24) is 5.32 Å². The standard InChI is InChI=1S/C16H32N2/c1-5-7-10-15(6-2)13-18-12-9-8-11-16(3,4)14-17/h15,18H,5-13H2,1-4H3. The molecule has 0 radical (unpaired) electrons. The van der Waals surface area contributed by atoms with Gasteiger partial charge in [0.1, 0.15) is 0 Å². The maximum absolute atomic E-state index is 8.92. The van der Waals surface area contributed by atoms with Crippen LogP contribution in [-0.2, 0) is 0 Å². The molecule has 0 fully saturated rings. The van der Waals surface area contributed by atoms with Crippen LogP contribution in [0.2, 0.25) is 0 Å². The third-order valence-electron chi connectivity index (χ3n) is 3.68. The summed E-state index contributed by atoms with van der Waals surface area (Å²) in [6.45, 7) is 10.9. The van der Waals surface area contributed by atoms with Crippen LogP contribution in [-0.4, -0.2) is 13.1 Å². The van der Waals surface area contributed by atoms with Gasteiger partial charge < -0.3 is 5.32 Å². The smallest absolute Gasteiger partial charge is 0.0683 e. The number of nitrogens with zero attached hydrogens (tertiary/aromatic N) is 1. The van der Waals surface area contributed by atoms with Crippen LogP contribution in [0.15, 0.2) is 0 Å². The van der Waals surface area contributed by atoms with Crippen molar-refractivity contribution in [3.63, 3.8) is 0 Å². The number of hydrogen-bond acceptors (Lipinski definition) is 2. The van der Waals surface area contributed by atoms with Crippen molar-refractivity contribution >= 4 is 0 Å². The lowest BCUT2D eigenvalue weighted by Crippen LogP contribution is -2.23. The van der Waals surface area contributed by atoms with E-state index in [9.17, 15) is 0 Å². The summed E-state index contributed by atoms with van der Waals surface area (Å²) in [7, 11) is 0. The molecule has 1 atom stereocenters. The number of nitriles is 1. The number of hydrogen-bond donors (Lipinski definition) is 1. The second-order valence-corrected chi connectivity index (χ2v) is 6.07. The topological polar surface area (TPSA) is 35.8 Å². The average molecular weight is 252 g/mol. The normalized spacial score (nSPS) is 13.3. The largest absolute Gasteiger partial charge is 0.316 e. The minimum atomic E-state index is -0.146. The van der Waals surface area contributed by atoms with Crippen molar-refractivity contribution in [2.75, 3.05) is 13.1 Å². The van der Waals surface area contributed by atoms with Crippen LogP contribution >= 0.6 is 0 Å². The molecule has 0 saturated heterocycles. The summed E-state index contributed by atoms with van der Waals surface area (Å²) >= 11 is 0. The highest BCUT2D eigenvalue weighted by Crippen LogP contribution is 2.21. The van der Waals surface area contributed by atoms with Crippen molar-refractivity contribution in [2.24, 2.45) is 11.3 Å². The Labute approximate surface area is 114 Å². The van der Waals surface area contributed by atoms with Crippen LogP contribution in [0, 0.1) is 22.7 Å². The van der Waals surface area contributed by atoms with Crippen LogP contribution in [0.25, 0.3) is 0 Å². The molecule has 0 spiro atoms. The summed E-state index contributed by atoms with van der Waals surface area (Å²) in [6.07, 6.45) is 8.67. The Bertz CT molecular complexity index is 228. The van der Waals surface area contributed by atoms with E-state index in [1.165, 1.54) is 32.1 Å². The monoisotopic (exact) mass is 252 g/mol. The molecule has 0 aliphatic heterocycles. The zero-order valence-corrected chi connectivity index (χ0v) is 12.9. The van der Waals surface area contributed by atoms with E-state index in [0.29, 0.717) is 0 Å². The second kappa shape index (κ2) is 10.4. The molecule has 2 heteroatoms. The highest BCUT2D eigenvalue weighted by atomic mass is 14.8. The summed E-state index contributed by atoms with van der Waals surface area (Å²) in [6, 6.07) is 2.36. The van der Waals surface area contributed by atoms with Crippen LogP contribution in [0.4, 0.5) is 0 Å². The van der Waals surface area contributed by atoms with Crippen molar-refractivity contribution < 1.29 is 0 Å². The highest BCUT2D eigenvalue weighted by molar-refractivity contribution is 4.91. The van der Waals surface area contributed by atoms with E-state index >= 15 is 0 Å². The zero-order valence-electron chi connectivity index (χ0n) is 12.9. The first-order valence-corrected chi connectivity index (χ1v) is 7.67. The molecule has 1 N–H and O–H groups in total. The maximum Gasteiger partial charge on any atom is 0.0683 e. The van der Waals surface area contributed by atoms with Gasteiger partial charge in [-0.1, -0.05) is 39.5 Å². The van der Waals surface area contributed by atoms with Gasteiger partial charge >= 0.3 is 0 Å². The van der Waals surface area contributed by atoms with Crippen LogP contribution in [0.3, 0.4) is 0 Å². The first-order chi connectivity index (χ1) is 8.55. The Morgan fingerprint density at radius 1 is 1.17 bits per heavy atom. The fourth-order valence-corrected chi connectivity index (χ4v) is 2.12. The maximum atomic E-state index is 8.92. The van der Waals surface area contributed by atoms with Crippen LogP contribution in [0.5, 0.6) is 0 Å². The van der Waals surface area contributed by atoms with Gasteiger partial charge in [0.15, 0.2) is 0 Å². The van der Waals surface area contributed by atoms with E-state index in [0.717, 1.165) is 31.8 Å². The third-order valence-corrected chi connectivity index (χ3v) is 3.68. The predicted molar refractivity (Wildman–Crippen MR) is 79.4 cm³/mol. The fourth-order valence-electron chi connectivity index (χ4n) is 2.12. The van der Waals surface area contributed by atoms with Crippen LogP contribution < -0.4 is 5.32 Å². The molecule has 18 heavy (non-hydrogen) atoms. The Balaban J connectivity index is 3.47. The lowest BCUT2D eigenvalue weighted by Gasteiger charge is -2.16. The Morgan fingerprint density at radius 2 is 1.89 bits per heavy atom. The number of rotatable bonds is 11. The lowest BCUT2D eigenvalue weighted by molar-refractivity contribution is 0.399. The lowest BCUT2D eigenvalue weighted by atomic mass is 9.89. The van der Waals surface area contributed by atoms with Gasteiger partial charge in [0.05, 0.1) is 11.5 Å². The molecule has 0 heterocycles. The zero-order chi connectivity index (χ0) is 13.9. The predicted octanol–water partition coefficient (Wildman–Crippen LogP) is 4.51. The molecule has 0 rings (SSSR count). The Kier molecular flexibility index (Phi) is 10.1.